The molecule has 0 saturated heterocycles. The zero-order valence-corrected chi connectivity index (χ0v) is 14.6. The van der Waals surface area contributed by atoms with Crippen molar-refractivity contribution < 1.29 is 24.8 Å². The summed E-state index contributed by atoms with van der Waals surface area (Å²) in [5.41, 5.74) is -0.535. The smallest absolute Gasteiger partial charge is 0.235 e. The van der Waals surface area contributed by atoms with Gasteiger partial charge in [-0.3, -0.25) is 4.79 Å². The summed E-state index contributed by atoms with van der Waals surface area (Å²) in [4.78, 5) is 12.1. The van der Waals surface area contributed by atoms with Crippen LogP contribution in [-0.2, 0) is 0 Å². The van der Waals surface area contributed by atoms with Gasteiger partial charge < -0.3 is 24.8 Å². The van der Waals surface area contributed by atoms with E-state index in [2.05, 4.69) is 0 Å². The molecule has 2 aromatic carbocycles. The van der Waals surface area contributed by atoms with E-state index in [1.54, 1.807) is 12.1 Å². The number of benzene rings is 2. The first-order chi connectivity index (χ1) is 12.0. The minimum Gasteiger partial charge on any atom is -0.507 e. The molecule has 6 heteroatoms. The fourth-order valence-electron chi connectivity index (χ4n) is 2.06. The van der Waals surface area contributed by atoms with Gasteiger partial charge in [-0.15, -0.1) is 0 Å². The molecule has 0 aliphatic carbocycles. The molecule has 0 atom stereocenters. The molecular weight excluding hydrogens is 324 g/mol. The highest BCUT2D eigenvalue weighted by Crippen LogP contribution is 2.41. The Labute approximate surface area is 145 Å². The van der Waals surface area contributed by atoms with Crippen molar-refractivity contribution >= 4 is 11.0 Å². The molecule has 0 spiro atoms. The summed E-state index contributed by atoms with van der Waals surface area (Å²) >= 11 is 0. The van der Waals surface area contributed by atoms with Gasteiger partial charge in [-0.2, -0.15) is 0 Å². The molecular formula is C19H22O6. The number of fused-ring (bicyclic) bond motifs is 1. The maximum absolute atomic E-state index is 12.1. The predicted molar refractivity (Wildman–Crippen MR) is 97.3 cm³/mol. The van der Waals surface area contributed by atoms with Gasteiger partial charge in [-0.25, -0.2) is 0 Å². The molecule has 6 nitrogen and oxygen atoms in total. The fraction of sp³-hybridized carbons (Fsp3) is 0.211. The maximum atomic E-state index is 12.1. The van der Waals surface area contributed by atoms with Gasteiger partial charge in [0.05, 0.1) is 10.9 Å². The van der Waals surface area contributed by atoms with Crippen LogP contribution in [-0.4, -0.2) is 20.4 Å². The Balaban J connectivity index is 0.000000730. The summed E-state index contributed by atoms with van der Waals surface area (Å²) in [6.45, 7) is 8.00. The minimum absolute atomic E-state index is 0.106. The third-order valence-corrected chi connectivity index (χ3v) is 3.11. The highest BCUT2D eigenvalue weighted by atomic mass is 16.4. The average molecular weight is 346 g/mol. The first-order valence-electron chi connectivity index (χ1n) is 7.99. The van der Waals surface area contributed by atoms with E-state index < -0.39 is 28.4 Å². The second-order valence-electron chi connectivity index (χ2n) is 4.46. The Morgan fingerprint density at radius 3 is 2.00 bits per heavy atom. The van der Waals surface area contributed by atoms with Gasteiger partial charge in [-0.05, 0) is 18.2 Å². The van der Waals surface area contributed by atoms with Crippen molar-refractivity contribution in [3.8, 4) is 34.3 Å². The molecule has 0 radical (unpaired) electrons. The highest BCUT2D eigenvalue weighted by molar-refractivity contribution is 5.83. The molecule has 0 bridgehead atoms. The summed E-state index contributed by atoms with van der Waals surface area (Å²) in [5, 5.41) is 38.8. The Bertz CT molecular complexity index is 912. The van der Waals surface area contributed by atoms with Crippen LogP contribution in [0.2, 0.25) is 0 Å². The Morgan fingerprint density at radius 1 is 0.800 bits per heavy atom. The Morgan fingerprint density at radius 2 is 1.36 bits per heavy atom. The summed E-state index contributed by atoms with van der Waals surface area (Å²) in [5.74, 6) is -2.46. The Hall–Kier alpha value is -3.15. The molecule has 0 unspecified atom stereocenters. The number of phenolic OH excluding ortho intramolecular Hbond substituents is 3. The van der Waals surface area contributed by atoms with Crippen molar-refractivity contribution in [2.75, 3.05) is 0 Å². The minimum atomic E-state index is -0.686. The lowest BCUT2D eigenvalue weighted by molar-refractivity contribution is 0.396. The lowest BCUT2D eigenvalue weighted by atomic mass is 10.1. The van der Waals surface area contributed by atoms with Crippen molar-refractivity contribution in [2.24, 2.45) is 0 Å². The first kappa shape index (κ1) is 19.9. The van der Waals surface area contributed by atoms with E-state index in [9.17, 15) is 25.2 Å². The molecule has 3 aromatic rings. The van der Waals surface area contributed by atoms with Crippen LogP contribution in [0.1, 0.15) is 27.7 Å². The van der Waals surface area contributed by atoms with Crippen LogP contribution in [0, 0.1) is 0 Å². The normalized spacial score (nSPS) is 9.60. The number of hydrogen-bond acceptors (Lipinski definition) is 6. The molecule has 1 heterocycles. The molecule has 0 aliphatic heterocycles. The van der Waals surface area contributed by atoms with E-state index in [0.29, 0.717) is 0 Å². The summed E-state index contributed by atoms with van der Waals surface area (Å²) in [6.07, 6.45) is 0. The molecule has 1 aromatic heterocycles. The highest BCUT2D eigenvalue weighted by Gasteiger charge is 2.19. The van der Waals surface area contributed by atoms with Crippen LogP contribution in [0.15, 0.2) is 45.6 Å². The van der Waals surface area contributed by atoms with Crippen molar-refractivity contribution in [1.82, 2.24) is 0 Å². The Kier molecular flexibility index (Phi) is 6.87. The number of hydrogen-bond donors (Lipinski definition) is 4. The van der Waals surface area contributed by atoms with E-state index in [1.807, 2.05) is 27.7 Å². The first-order valence-corrected chi connectivity index (χ1v) is 7.99. The number of phenols is 3. The van der Waals surface area contributed by atoms with Crippen molar-refractivity contribution in [2.45, 2.75) is 27.7 Å². The predicted octanol–water partition coefficient (Wildman–Crippen LogP) is 4.33. The van der Waals surface area contributed by atoms with Gasteiger partial charge >= 0.3 is 0 Å². The van der Waals surface area contributed by atoms with E-state index in [-0.39, 0.29) is 22.3 Å². The molecule has 134 valence electrons. The van der Waals surface area contributed by atoms with Crippen LogP contribution in [0.4, 0.5) is 0 Å². The lowest BCUT2D eigenvalue weighted by Gasteiger charge is -2.08. The van der Waals surface area contributed by atoms with E-state index in [4.69, 9.17) is 4.42 Å². The zero-order chi connectivity index (χ0) is 19.1. The second-order valence-corrected chi connectivity index (χ2v) is 4.46. The number of aromatic hydroxyl groups is 4. The second kappa shape index (κ2) is 8.63. The van der Waals surface area contributed by atoms with Crippen LogP contribution in [0.5, 0.6) is 23.0 Å². The average Bonchev–Trinajstić information content (AvgIpc) is 2.65. The summed E-state index contributed by atoms with van der Waals surface area (Å²) in [6, 6.07) is 8.20. The van der Waals surface area contributed by atoms with Crippen LogP contribution >= 0.6 is 0 Å². The molecule has 25 heavy (non-hydrogen) atoms. The van der Waals surface area contributed by atoms with Crippen LogP contribution < -0.4 is 5.43 Å². The molecule has 0 aliphatic rings. The van der Waals surface area contributed by atoms with Crippen molar-refractivity contribution in [3.05, 3.63) is 46.6 Å². The van der Waals surface area contributed by atoms with E-state index in [0.717, 1.165) is 12.1 Å². The monoisotopic (exact) mass is 346 g/mol. The van der Waals surface area contributed by atoms with E-state index in [1.165, 1.54) is 12.1 Å². The SMILES string of the molecule is CC.CC.O=c1c(O)c(-c2cc(O)c(O)cc2O)oc2ccccc12. The zero-order valence-electron chi connectivity index (χ0n) is 14.6. The summed E-state index contributed by atoms with van der Waals surface area (Å²) in [7, 11) is 0. The van der Waals surface area contributed by atoms with Crippen LogP contribution in [0.3, 0.4) is 0 Å². The van der Waals surface area contributed by atoms with Gasteiger partial charge in [0.15, 0.2) is 17.3 Å². The quantitative estimate of drug-likeness (QED) is 0.385. The molecule has 0 saturated carbocycles. The number of para-hydroxylation sites is 1. The summed E-state index contributed by atoms with van der Waals surface area (Å²) < 4.78 is 5.43. The van der Waals surface area contributed by atoms with Crippen molar-refractivity contribution in [3.63, 3.8) is 0 Å². The third-order valence-electron chi connectivity index (χ3n) is 3.11. The topological polar surface area (TPSA) is 111 Å². The maximum Gasteiger partial charge on any atom is 0.235 e. The fourth-order valence-corrected chi connectivity index (χ4v) is 2.06. The van der Waals surface area contributed by atoms with Gasteiger partial charge in [0, 0.05) is 6.07 Å². The largest absolute Gasteiger partial charge is 0.507 e. The van der Waals surface area contributed by atoms with Gasteiger partial charge in [-0.1, -0.05) is 39.8 Å². The molecule has 0 fully saturated rings. The standard InChI is InChI=1S/C15H10O6.2C2H6/c16-9-6-11(18)10(17)5-8(9)15-14(20)13(19)7-3-1-2-4-12(7)21-15;2*1-2/h1-6,16-18,20H;2*1-2H3. The molecule has 4 N–H and O–H groups in total. The van der Waals surface area contributed by atoms with Gasteiger partial charge in [0.2, 0.25) is 11.2 Å². The molecule has 3 rings (SSSR count). The van der Waals surface area contributed by atoms with Gasteiger partial charge in [0.1, 0.15) is 11.3 Å². The lowest BCUT2D eigenvalue weighted by Crippen LogP contribution is -2.02. The van der Waals surface area contributed by atoms with Gasteiger partial charge in [0.25, 0.3) is 0 Å². The van der Waals surface area contributed by atoms with Crippen LogP contribution in [0.25, 0.3) is 22.3 Å². The molecule has 0 amide bonds. The third kappa shape index (κ3) is 3.85. The van der Waals surface area contributed by atoms with Crippen molar-refractivity contribution in [1.29, 1.82) is 0 Å². The number of rotatable bonds is 1. The van der Waals surface area contributed by atoms with E-state index >= 15 is 0 Å².